The number of amides is 1. The summed E-state index contributed by atoms with van der Waals surface area (Å²) in [5, 5.41) is 8.88. The molecule has 102 valence electrons. The Labute approximate surface area is 101 Å². The molecule has 0 aromatic rings. The molecule has 0 unspecified atom stereocenters. The molecule has 0 aromatic heterocycles. The van der Waals surface area contributed by atoms with Crippen molar-refractivity contribution in [3.8, 4) is 0 Å². The zero-order valence-electron chi connectivity index (χ0n) is 9.24. The van der Waals surface area contributed by atoms with E-state index >= 15 is 0 Å². The van der Waals surface area contributed by atoms with E-state index in [0.717, 1.165) is 0 Å². The van der Waals surface area contributed by atoms with E-state index in [4.69, 9.17) is 5.11 Å². The van der Waals surface area contributed by atoms with Crippen molar-refractivity contribution in [2.24, 2.45) is 11.8 Å². The summed E-state index contributed by atoms with van der Waals surface area (Å²) in [6, 6.07) is 0. The van der Waals surface area contributed by atoms with Gasteiger partial charge in [0.1, 0.15) is 0 Å². The molecule has 0 fully saturated rings. The summed E-state index contributed by atoms with van der Waals surface area (Å²) in [4.78, 5) is 26.4. The van der Waals surface area contributed by atoms with E-state index in [1.165, 1.54) is 0 Å². The SMILES string of the molecule is O=C(O)[C@H]1CC=CC[C@H]1C(=O)NOCC(F)(F)F. The number of nitrogens with one attached hydrogen (secondary N) is 1. The van der Waals surface area contributed by atoms with Crippen molar-refractivity contribution in [2.75, 3.05) is 6.61 Å². The number of hydrogen-bond donors (Lipinski definition) is 2. The molecule has 0 aromatic carbocycles. The van der Waals surface area contributed by atoms with E-state index in [9.17, 15) is 22.8 Å². The molecule has 0 saturated carbocycles. The second-order valence-corrected chi connectivity index (χ2v) is 3.86. The summed E-state index contributed by atoms with van der Waals surface area (Å²) >= 11 is 0. The summed E-state index contributed by atoms with van der Waals surface area (Å²) in [5.41, 5.74) is 1.64. The number of allylic oxidation sites excluding steroid dienone is 2. The molecule has 8 heteroatoms. The summed E-state index contributed by atoms with van der Waals surface area (Å²) in [7, 11) is 0. The highest BCUT2D eigenvalue weighted by Crippen LogP contribution is 2.26. The Bertz CT molecular complexity index is 354. The molecule has 1 aliphatic rings. The number of aliphatic carboxylic acids is 1. The van der Waals surface area contributed by atoms with Gasteiger partial charge in [-0.25, -0.2) is 5.48 Å². The van der Waals surface area contributed by atoms with Gasteiger partial charge >= 0.3 is 12.1 Å². The first-order chi connectivity index (χ1) is 8.31. The van der Waals surface area contributed by atoms with Gasteiger partial charge in [0.2, 0.25) is 5.91 Å². The number of carboxylic acid groups (broad SMARTS) is 1. The highest BCUT2D eigenvalue weighted by Gasteiger charge is 2.35. The molecule has 1 amide bonds. The monoisotopic (exact) mass is 267 g/mol. The smallest absolute Gasteiger partial charge is 0.414 e. The first kappa shape index (κ1) is 14.5. The number of rotatable bonds is 4. The van der Waals surface area contributed by atoms with Gasteiger partial charge in [-0.15, -0.1) is 0 Å². The Morgan fingerprint density at radius 2 is 1.83 bits per heavy atom. The number of hydrogen-bond acceptors (Lipinski definition) is 3. The predicted molar refractivity (Wildman–Crippen MR) is 53.1 cm³/mol. The van der Waals surface area contributed by atoms with Crippen LogP contribution in [0, 0.1) is 11.8 Å². The van der Waals surface area contributed by atoms with Crippen LogP contribution in [0.2, 0.25) is 0 Å². The second kappa shape index (κ2) is 5.85. The molecule has 2 atom stereocenters. The maximum Gasteiger partial charge on any atom is 0.414 e. The zero-order valence-corrected chi connectivity index (χ0v) is 9.24. The van der Waals surface area contributed by atoms with Crippen LogP contribution in [0.1, 0.15) is 12.8 Å². The maximum absolute atomic E-state index is 11.8. The normalized spacial score (nSPS) is 23.7. The average molecular weight is 267 g/mol. The van der Waals surface area contributed by atoms with Gasteiger partial charge in [-0.3, -0.25) is 14.4 Å². The summed E-state index contributed by atoms with van der Waals surface area (Å²) in [6.07, 6.45) is -0.969. The van der Waals surface area contributed by atoms with Gasteiger partial charge in [-0.05, 0) is 12.8 Å². The van der Waals surface area contributed by atoms with Gasteiger partial charge in [-0.1, -0.05) is 12.2 Å². The quantitative estimate of drug-likeness (QED) is 0.594. The summed E-state index contributed by atoms with van der Waals surface area (Å²) < 4.78 is 35.3. The molecule has 0 radical (unpaired) electrons. The third-order valence-corrected chi connectivity index (χ3v) is 2.49. The largest absolute Gasteiger partial charge is 0.481 e. The van der Waals surface area contributed by atoms with Gasteiger partial charge in [0.05, 0.1) is 11.8 Å². The Morgan fingerprint density at radius 1 is 1.28 bits per heavy atom. The molecule has 0 aliphatic heterocycles. The first-order valence-electron chi connectivity index (χ1n) is 5.17. The average Bonchev–Trinajstić information content (AvgIpc) is 2.27. The van der Waals surface area contributed by atoms with Crippen LogP contribution in [0.5, 0.6) is 0 Å². The molecule has 1 rings (SSSR count). The fraction of sp³-hybridized carbons (Fsp3) is 0.600. The fourth-order valence-electron chi connectivity index (χ4n) is 1.64. The molecule has 0 bridgehead atoms. The second-order valence-electron chi connectivity index (χ2n) is 3.86. The van der Waals surface area contributed by atoms with Crippen LogP contribution in [0.15, 0.2) is 12.2 Å². The first-order valence-corrected chi connectivity index (χ1v) is 5.17. The third-order valence-electron chi connectivity index (χ3n) is 2.49. The predicted octanol–water partition coefficient (Wildman–Crippen LogP) is 1.26. The van der Waals surface area contributed by atoms with E-state index in [1.807, 2.05) is 0 Å². The van der Waals surface area contributed by atoms with Gasteiger partial charge in [0, 0.05) is 0 Å². The van der Waals surface area contributed by atoms with Crippen LogP contribution in [-0.2, 0) is 14.4 Å². The lowest BCUT2D eigenvalue weighted by atomic mass is 9.82. The van der Waals surface area contributed by atoms with Gasteiger partial charge < -0.3 is 5.11 Å². The van der Waals surface area contributed by atoms with Crippen molar-refractivity contribution in [3.63, 3.8) is 0 Å². The Balaban J connectivity index is 2.49. The van der Waals surface area contributed by atoms with E-state index < -0.39 is 36.5 Å². The minimum absolute atomic E-state index is 0.165. The van der Waals surface area contributed by atoms with Gasteiger partial charge in [0.25, 0.3) is 0 Å². The number of carbonyl (C=O) groups is 2. The molecule has 5 nitrogen and oxygen atoms in total. The molecule has 2 N–H and O–H groups in total. The molecule has 0 heterocycles. The molecular formula is C10H12F3NO4. The number of hydroxylamine groups is 1. The zero-order chi connectivity index (χ0) is 13.8. The highest BCUT2D eigenvalue weighted by molar-refractivity contribution is 5.84. The molecule has 1 aliphatic carbocycles. The summed E-state index contributed by atoms with van der Waals surface area (Å²) in [6.45, 7) is -1.61. The van der Waals surface area contributed by atoms with Crippen molar-refractivity contribution < 1.29 is 32.7 Å². The standard InChI is InChI=1S/C10H12F3NO4/c11-10(12,13)5-18-14-8(15)6-3-1-2-4-7(6)9(16)17/h1-2,6-7H,3-5H2,(H,14,15)(H,16,17)/t6-,7+/m1/s1. The van der Waals surface area contributed by atoms with Crippen LogP contribution in [0.4, 0.5) is 13.2 Å². The lowest BCUT2D eigenvalue weighted by molar-refractivity contribution is -0.193. The molecule has 0 spiro atoms. The number of carboxylic acids is 1. The van der Waals surface area contributed by atoms with Crippen molar-refractivity contribution in [1.29, 1.82) is 0 Å². The number of carbonyl (C=O) groups excluding carboxylic acids is 1. The van der Waals surface area contributed by atoms with Crippen molar-refractivity contribution >= 4 is 11.9 Å². The van der Waals surface area contributed by atoms with E-state index in [-0.39, 0.29) is 12.8 Å². The van der Waals surface area contributed by atoms with Crippen LogP contribution in [0.25, 0.3) is 0 Å². The number of halogens is 3. The molecule has 18 heavy (non-hydrogen) atoms. The molecule has 0 saturated heterocycles. The highest BCUT2D eigenvalue weighted by atomic mass is 19.4. The van der Waals surface area contributed by atoms with Gasteiger partial charge in [0.15, 0.2) is 6.61 Å². The number of alkyl halides is 3. The van der Waals surface area contributed by atoms with Crippen LogP contribution in [-0.4, -0.2) is 29.8 Å². The van der Waals surface area contributed by atoms with Crippen molar-refractivity contribution in [3.05, 3.63) is 12.2 Å². The Kier molecular flexibility index (Phi) is 4.71. The lowest BCUT2D eigenvalue weighted by Crippen LogP contribution is -2.40. The van der Waals surface area contributed by atoms with Crippen LogP contribution in [0.3, 0.4) is 0 Å². The van der Waals surface area contributed by atoms with Gasteiger partial charge in [-0.2, -0.15) is 13.2 Å². The van der Waals surface area contributed by atoms with E-state index in [2.05, 4.69) is 4.84 Å². The van der Waals surface area contributed by atoms with Crippen LogP contribution >= 0.6 is 0 Å². The lowest BCUT2D eigenvalue weighted by Gasteiger charge is -2.23. The Hall–Kier alpha value is -1.57. The summed E-state index contributed by atoms with van der Waals surface area (Å²) in [5.74, 6) is -3.86. The maximum atomic E-state index is 11.8. The fourth-order valence-corrected chi connectivity index (χ4v) is 1.64. The van der Waals surface area contributed by atoms with Crippen molar-refractivity contribution in [2.45, 2.75) is 19.0 Å². The van der Waals surface area contributed by atoms with Crippen LogP contribution < -0.4 is 5.48 Å². The topological polar surface area (TPSA) is 75.6 Å². The third kappa shape index (κ3) is 4.36. The minimum Gasteiger partial charge on any atom is -0.481 e. The van der Waals surface area contributed by atoms with E-state index in [1.54, 1.807) is 17.6 Å². The van der Waals surface area contributed by atoms with Crippen molar-refractivity contribution in [1.82, 2.24) is 5.48 Å². The minimum atomic E-state index is -4.55. The van der Waals surface area contributed by atoms with E-state index in [0.29, 0.717) is 0 Å². The molecular weight excluding hydrogens is 255 g/mol. The Morgan fingerprint density at radius 3 is 2.33 bits per heavy atom.